The Kier molecular flexibility index (Phi) is 5.07. The first kappa shape index (κ1) is 16.8. The molecule has 0 radical (unpaired) electrons. The molecule has 24 heavy (non-hydrogen) atoms. The molecule has 1 heterocycles. The fraction of sp³-hybridized carbons (Fsp3) is 0.316. The van der Waals surface area contributed by atoms with E-state index in [1.807, 2.05) is 42.5 Å². The SMILES string of the molecule is NC(=O)C1(Nc2cccc(Cl)c2)CCN(Cc2ccccc2)CC1. The molecule has 0 bridgehead atoms. The van der Waals surface area contributed by atoms with E-state index in [0.717, 1.165) is 25.3 Å². The van der Waals surface area contributed by atoms with Gasteiger partial charge in [0, 0.05) is 30.3 Å². The highest BCUT2D eigenvalue weighted by atomic mass is 35.5. The smallest absolute Gasteiger partial charge is 0.243 e. The number of benzene rings is 2. The van der Waals surface area contributed by atoms with Gasteiger partial charge < -0.3 is 11.1 Å². The van der Waals surface area contributed by atoms with E-state index >= 15 is 0 Å². The first-order chi connectivity index (χ1) is 11.6. The number of halogens is 1. The predicted octanol–water partition coefficient (Wildman–Crippen LogP) is 3.27. The van der Waals surface area contributed by atoms with Crippen LogP contribution in [0.25, 0.3) is 0 Å². The summed E-state index contributed by atoms with van der Waals surface area (Å²) < 4.78 is 0. The zero-order valence-electron chi connectivity index (χ0n) is 13.5. The minimum Gasteiger partial charge on any atom is -0.371 e. The Morgan fingerprint density at radius 1 is 1.12 bits per heavy atom. The number of carbonyl (C=O) groups is 1. The molecule has 5 heteroatoms. The number of piperidine rings is 1. The number of nitrogens with one attached hydrogen (secondary N) is 1. The van der Waals surface area contributed by atoms with E-state index in [-0.39, 0.29) is 5.91 Å². The van der Waals surface area contributed by atoms with Gasteiger partial charge in [0.15, 0.2) is 0 Å². The van der Waals surface area contributed by atoms with Crippen molar-refractivity contribution in [1.82, 2.24) is 4.90 Å². The first-order valence-electron chi connectivity index (χ1n) is 8.17. The molecule has 0 aromatic heterocycles. The molecule has 1 amide bonds. The topological polar surface area (TPSA) is 58.4 Å². The molecule has 3 rings (SSSR count). The van der Waals surface area contributed by atoms with Crippen LogP contribution in [0.2, 0.25) is 5.02 Å². The fourth-order valence-electron chi connectivity index (χ4n) is 3.21. The lowest BCUT2D eigenvalue weighted by atomic mass is 9.86. The Morgan fingerprint density at radius 3 is 2.46 bits per heavy atom. The van der Waals surface area contributed by atoms with Gasteiger partial charge in [0.2, 0.25) is 5.91 Å². The summed E-state index contributed by atoms with van der Waals surface area (Å²) in [5, 5.41) is 3.97. The predicted molar refractivity (Wildman–Crippen MR) is 98.0 cm³/mol. The molecule has 1 aliphatic heterocycles. The van der Waals surface area contributed by atoms with Crippen LogP contribution in [-0.4, -0.2) is 29.4 Å². The molecule has 0 spiro atoms. The van der Waals surface area contributed by atoms with Crippen LogP contribution in [-0.2, 0) is 11.3 Å². The minimum absolute atomic E-state index is 0.304. The molecule has 3 N–H and O–H groups in total. The van der Waals surface area contributed by atoms with Gasteiger partial charge in [-0.15, -0.1) is 0 Å². The Balaban J connectivity index is 1.67. The number of likely N-dealkylation sites (tertiary alicyclic amines) is 1. The summed E-state index contributed by atoms with van der Waals surface area (Å²) in [5.41, 5.74) is 7.14. The largest absolute Gasteiger partial charge is 0.371 e. The Bertz CT molecular complexity index is 697. The van der Waals surface area contributed by atoms with Crippen molar-refractivity contribution in [2.24, 2.45) is 5.73 Å². The Labute approximate surface area is 147 Å². The van der Waals surface area contributed by atoms with Gasteiger partial charge >= 0.3 is 0 Å². The lowest BCUT2D eigenvalue weighted by Gasteiger charge is -2.40. The number of carbonyl (C=O) groups excluding carboxylic acids is 1. The van der Waals surface area contributed by atoms with Gasteiger partial charge in [-0.05, 0) is 36.6 Å². The van der Waals surface area contributed by atoms with Crippen LogP contribution in [0.4, 0.5) is 5.69 Å². The van der Waals surface area contributed by atoms with Crippen molar-refractivity contribution in [2.75, 3.05) is 18.4 Å². The summed E-state index contributed by atoms with van der Waals surface area (Å²) >= 11 is 6.04. The van der Waals surface area contributed by atoms with Gasteiger partial charge in [-0.3, -0.25) is 9.69 Å². The van der Waals surface area contributed by atoms with Crippen molar-refractivity contribution in [3.05, 3.63) is 65.2 Å². The highest BCUT2D eigenvalue weighted by molar-refractivity contribution is 6.30. The van der Waals surface area contributed by atoms with E-state index in [9.17, 15) is 4.79 Å². The number of amides is 1. The van der Waals surface area contributed by atoms with Crippen molar-refractivity contribution in [3.63, 3.8) is 0 Å². The second-order valence-electron chi connectivity index (χ2n) is 6.34. The van der Waals surface area contributed by atoms with E-state index in [1.54, 1.807) is 0 Å². The number of nitrogens with two attached hydrogens (primary N) is 1. The van der Waals surface area contributed by atoms with Gasteiger partial charge in [-0.2, -0.15) is 0 Å². The molecule has 1 aliphatic rings. The molecule has 126 valence electrons. The second kappa shape index (κ2) is 7.24. The summed E-state index contributed by atoms with van der Waals surface area (Å²) in [4.78, 5) is 14.5. The molecule has 0 aliphatic carbocycles. The van der Waals surface area contributed by atoms with Crippen LogP contribution in [0.3, 0.4) is 0 Å². The normalized spacial score (nSPS) is 17.4. The van der Waals surface area contributed by atoms with Crippen LogP contribution in [0.5, 0.6) is 0 Å². The lowest BCUT2D eigenvalue weighted by Crippen LogP contribution is -2.56. The molecule has 2 aromatic rings. The molecule has 1 fully saturated rings. The third-order valence-corrected chi connectivity index (χ3v) is 4.87. The minimum atomic E-state index is -0.710. The number of rotatable bonds is 5. The lowest BCUT2D eigenvalue weighted by molar-refractivity contribution is -0.123. The summed E-state index contributed by atoms with van der Waals surface area (Å²) in [6.07, 6.45) is 1.36. The standard InChI is InChI=1S/C19H22ClN3O/c20-16-7-4-8-17(13-16)22-19(18(21)24)9-11-23(12-10-19)14-15-5-2-1-3-6-15/h1-8,13,22H,9-12,14H2,(H2,21,24). The van der Waals surface area contributed by atoms with Gasteiger partial charge in [0.25, 0.3) is 0 Å². The highest BCUT2D eigenvalue weighted by Gasteiger charge is 2.39. The van der Waals surface area contributed by atoms with Crippen molar-refractivity contribution < 1.29 is 4.79 Å². The zero-order chi connectivity index (χ0) is 17.0. The monoisotopic (exact) mass is 343 g/mol. The van der Waals surface area contributed by atoms with Gasteiger partial charge in [-0.25, -0.2) is 0 Å². The fourth-order valence-corrected chi connectivity index (χ4v) is 3.40. The third-order valence-electron chi connectivity index (χ3n) is 4.64. The van der Waals surface area contributed by atoms with Crippen LogP contribution < -0.4 is 11.1 Å². The van der Waals surface area contributed by atoms with Gasteiger partial charge in [0.1, 0.15) is 5.54 Å². The van der Waals surface area contributed by atoms with E-state index < -0.39 is 5.54 Å². The third kappa shape index (κ3) is 3.89. The second-order valence-corrected chi connectivity index (χ2v) is 6.78. The molecule has 0 saturated carbocycles. The average molecular weight is 344 g/mol. The van der Waals surface area contributed by atoms with Crippen molar-refractivity contribution in [3.8, 4) is 0 Å². The summed E-state index contributed by atoms with van der Waals surface area (Å²) in [6, 6.07) is 17.8. The number of hydrogen-bond acceptors (Lipinski definition) is 3. The number of nitrogens with zero attached hydrogens (tertiary/aromatic N) is 1. The summed E-state index contributed by atoms with van der Waals surface area (Å²) in [5.74, 6) is -0.304. The molecule has 4 nitrogen and oxygen atoms in total. The first-order valence-corrected chi connectivity index (χ1v) is 8.55. The van der Waals surface area contributed by atoms with Crippen LogP contribution in [0.15, 0.2) is 54.6 Å². The number of primary amides is 1. The van der Waals surface area contributed by atoms with Crippen LogP contribution >= 0.6 is 11.6 Å². The van der Waals surface area contributed by atoms with Crippen molar-refractivity contribution >= 4 is 23.2 Å². The maximum absolute atomic E-state index is 12.1. The molecule has 1 saturated heterocycles. The Morgan fingerprint density at radius 2 is 1.83 bits per heavy atom. The number of anilines is 1. The molecular formula is C19H22ClN3O. The van der Waals surface area contributed by atoms with Gasteiger partial charge in [0.05, 0.1) is 0 Å². The molecular weight excluding hydrogens is 322 g/mol. The van der Waals surface area contributed by atoms with Crippen molar-refractivity contribution in [2.45, 2.75) is 24.9 Å². The van der Waals surface area contributed by atoms with E-state index in [4.69, 9.17) is 17.3 Å². The molecule has 2 aromatic carbocycles. The van der Waals surface area contributed by atoms with Crippen LogP contribution in [0.1, 0.15) is 18.4 Å². The van der Waals surface area contributed by atoms with Crippen molar-refractivity contribution in [1.29, 1.82) is 0 Å². The summed E-state index contributed by atoms with van der Waals surface area (Å²) in [7, 11) is 0. The van der Waals surface area contributed by atoms with Crippen LogP contribution in [0, 0.1) is 0 Å². The molecule has 0 unspecified atom stereocenters. The van der Waals surface area contributed by atoms with E-state index in [1.165, 1.54) is 5.56 Å². The number of hydrogen-bond donors (Lipinski definition) is 2. The Hall–Kier alpha value is -2.04. The van der Waals surface area contributed by atoms with E-state index in [2.05, 4.69) is 22.3 Å². The maximum Gasteiger partial charge on any atom is 0.243 e. The zero-order valence-corrected chi connectivity index (χ0v) is 14.3. The maximum atomic E-state index is 12.1. The highest BCUT2D eigenvalue weighted by Crippen LogP contribution is 2.28. The van der Waals surface area contributed by atoms with E-state index in [0.29, 0.717) is 17.9 Å². The molecule has 0 atom stereocenters. The quantitative estimate of drug-likeness (QED) is 0.876. The summed E-state index contributed by atoms with van der Waals surface area (Å²) in [6.45, 7) is 2.55. The average Bonchev–Trinajstić information content (AvgIpc) is 2.57. The van der Waals surface area contributed by atoms with Gasteiger partial charge in [-0.1, -0.05) is 48.0 Å².